The molecule has 4 aliphatic carbocycles. The third-order valence-corrected chi connectivity index (χ3v) is 11.5. The van der Waals surface area contributed by atoms with Gasteiger partial charge < -0.3 is 4.79 Å². The van der Waals surface area contributed by atoms with E-state index < -0.39 is 0 Å². The van der Waals surface area contributed by atoms with Gasteiger partial charge in [0.25, 0.3) is 0 Å². The van der Waals surface area contributed by atoms with E-state index in [2.05, 4.69) is 48.1 Å². The number of carbonyl (C=O) groups excluding carboxylic acids is 2. The first-order chi connectivity index (χ1) is 14.5. The zero-order valence-corrected chi connectivity index (χ0v) is 21.0. The molecule has 4 aliphatic rings. The zero-order chi connectivity index (χ0) is 22.8. The third kappa shape index (κ3) is 3.24. The number of ketones is 1. The lowest BCUT2D eigenvalue weighted by atomic mass is 9.36. The summed E-state index contributed by atoms with van der Waals surface area (Å²) >= 11 is 0. The summed E-state index contributed by atoms with van der Waals surface area (Å²) in [6.45, 7) is 18.4. The summed E-state index contributed by atoms with van der Waals surface area (Å²) in [6, 6.07) is 0. The number of hydrogen-bond donors (Lipinski definition) is 0. The number of Topliss-reactive ketones (excluding diaryl/α,β-unsaturated/α-hetero) is 1. The van der Waals surface area contributed by atoms with Gasteiger partial charge >= 0.3 is 0 Å². The SMILES string of the molecule is C=C(C)C(CC)C1C(C=O)CCC2C1CCC1C2(C)CCC2C(C)(C)C(=O)CCC21C. The van der Waals surface area contributed by atoms with Gasteiger partial charge in [0, 0.05) is 17.8 Å². The molecule has 0 saturated heterocycles. The fourth-order valence-corrected chi connectivity index (χ4v) is 10.1. The van der Waals surface area contributed by atoms with E-state index in [-0.39, 0.29) is 16.7 Å². The largest absolute Gasteiger partial charge is 0.303 e. The molecule has 2 heteroatoms. The molecule has 0 bridgehead atoms. The maximum atomic E-state index is 12.8. The average Bonchev–Trinajstić information content (AvgIpc) is 2.71. The van der Waals surface area contributed by atoms with Crippen LogP contribution in [0.4, 0.5) is 0 Å². The van der Waals surface area contributed by atoms with Crippen LogP contribution >= 0.6 is 0 Å². The van der Waals surface area contributed by atoms with Gasteiger partial charge in [0.2, 0.25) is 0 Å². The van der Waals surface area contributed by atoms with Crippen LogP contribution in [-0.4, -0.2) is 12.1 Å². The Hall–Kier alpha value is -0.920. The van der Waals surface area contributed by atoms with E-state index in [4.69, 9.17) is 0 Å². The van der Waals surface area contributed by atoms with E-state index in [9.17, 15) is 9.59 Å². The van der Waals surface area contributed by atoms with Crippen molar-refractivity contribution in [3.8, 4) is 0 Å². The Balaban J connectivity index is 1.70. The molecule has 0 aliphatic heterocycles. The van der Waals surface area contributed by atoms with Crippen LogP contribution in [0.3, 0.4) is 0 Å². The van der Waals surface area contributed by atoms with E-state index in [1.165, 1.54) is 44.0 Å². The monoisotopic (exact) mass is 426 g/mol. The maximum Gasteiger partial charge on any atom is 0.138 e. The second kappa shape index (κ2) is 7.84. The first-order valence-electron chi connectivity index (χ1n) is 13.2. The number of aldehydes is 1. The van der Waals surface area contributed by atoms with E-state index in [0.717, 1.165) is 31.6 Å². The van der Waals surface area contributed by atoms with Crippen LogP contribution in [0.15, 0.2) is 12.2 Å². The minimum Gasteiger partial charge on any atom is -0.303 e. The molecule has 2 nitrogen and oxygen atoms in total. The molecule has 0 radical (unpaired) electrons. The second-order valence-electron chi connectivity index (χ2n) is 13.0. The molecule has 4 rings (SSSR count). The lowest BCUT2D eigenvalue weighted by Crippen LogP contribution is -2.62. The highest BCUT2D eigenvalue weighted by Crippen LogP contribution is 2.71. The number of hydrogen-bond acceptors (Lipinski definition) is 2. The van der Waals surface area contributed by atoms with Crippen LogP contribution in [0.2, 0.25) is 0 Å². The normalized spacial score (nSPS) is 47.5. The van der Waals surface area contributed by atoms with Gasteiger partial charge in [-0.25, -0.2) is 0 Å². The molecule has 0 amide bonds. The number of fused-ring (bicyclic) bond motifs is 5. The Morgan fingerprint density at radius 1 is 1.03 bits per heavy atom. The number of allylic oxidation sites excluding steroid dienone is 1. The fourth-order valence-electron chi connectivity index (χ4n) is 10.1. The van der Waals surface area contributed by atoms with Gasteiger partial charge in [-0.1, -0.05) is 46.8 Å². The minimum absolute atomic E-state index is 0.170. The predicted octanol–water partition coefficient (Wildman–Crippen LogP) is 7.27. The smallest absolute Gasteiger partial charge is 0.138 e. The van der Waals surface area contributed by atoms with Crippen LogP contribution in [0.1, 0.15) is 99.3 Å². The Kier molecular flexibility index (Phi) is 5.88. The molecule has 9 atom stereocenters. The molecule has 9 unspecified atom stereocenters. The average molecular weight is 427 g/mol. The maximum absolute atomic E-state index is 12.8. The summed E-state index contributed by atoms with van der Waals surface area (Å²) in [5, 5.41) is 0. The van der Waals surface area contributed by atoms with E-state index in [1.807, 2.05) is 0 Å². The molecular weight excluding hydrogens is 380 g/mol. The van der Waals surface area contributed by atoms with Crippen molar-refractivity contribution in [3.05, 3.63) is 12.2 Å². The Labute approximate surface area is 191 Å². The van der Waals surface area contributed by atoms with Gasteiger partial charge in [-0.15, -0.1) is 0 Å². The van der Waals surface area contributed by atoms with Crippen LogP contribution < -0.4 is 0 Å². The van der Waals surface area contributed by atoms with Gasteiger partial charge in [0.05, 0.1) is 0 Å². The summed E-state index contributed by atoms with van der Waals surface area (Å²) in [4.78, 5) is 25.0. The molecule has 4 fully saturated rings. The van der Waals surface area contributed by atoms with E-state index >= 15 is 0 Å². The van der Waals surface area contributed by atoms with Crippen molar-refractivity contribution >= 4 is 12.1 Å². The van der Waals surface area contributed by atoms with Gasteiger partial charge in [0.15, 0.2) is 0 Å². The van der Waals surface area contributed by atoms with Gasteiger partial charge in [-0.3, -0.25) is 4.79 Å². The summed E-state index contributed by atoms with van der Waals surface area (Å²) in [5.41, 5.74) is 1.74. The Bertz CT molecular complexity index is 750. The van der Waals surface area contributed by atoms with Gasteiger partial charge in [0.1, 0.15) is 12.1 Å². The van der Waals surface area contributed by atoms with Crippen molar-refractivity contribution in [2.24, 2.45) is 57.7 Å². The summed E-state index contributed by atoms with van der Waals surface area (Å²) in [7, 11) is 0. The van der Waals surface area contributed by atoms with Crippen LogP contribution in [0.25, 0.3) is 0 Å². The lowest BCUT2D eigenvalue weighted by molar-refractivity contribution is -0.194. The molecule has 0 aromatic heterocycles. The Morgan fingerprint density at radius 3 is 2.35 bits per heavy atom. The molecule has 0 heterocycles. The Morgan fingerprint density at radius 2 is 1.74 bits per heavy atom. The second-order valence-corrected chi connectivity index (χ2v) is 13.0. The van der Waals surface area contributed by atoms with Crippen molar-refractivity contribution in [1.82, 2.24) is 0 Å². The molecular formula is C29H46O2. The highest BCUT2D eigenvalue weighted by molar-refractivity contribution is 5.85. The van der Waals surface area contributed by atoms with Crippen molar-refractivity contribution in [2.75, 3.05) is 0 Å². The summed E-state index contributed by atoms with van der Waals surface area (Å²) < 4.78 is 0. The number of rotatable bonds is 4. The predicted molar refractivity (Wildman–Crippen MR) is 128 cm³/mol. The van der Waals surface area contributed by atoms with Crippen LogP contribution in [0, 0.1) is 57.7 Å². The lowest BCUT2D eigenvalue weighted by Gasteiger charge is -2.68. The molecule has 0 aromatic carbocycles. The quantitative estimate of drug-likeness (QED) is 0.350. The van der Waals surface area contributed by atoms with Crippen LogP contribution in [0.5, 0.6) is 0 Å². The van der Waals surface area contributed by atoms with E-state index in [1.54, 1.807) is 0 Å². The molecule has 174 valence electrons. The van der Waals surface area contributed by atoms with Crippen molar-refractivity contribution in [1.29, 1.82) is 0 Å². The van der Waals surface area contributed by atoms with Crippen molar-refractivity contribution in [3.63, 3.8) is 0 Å². The topological polar surface area (TPSA) is 34.1 Å². The molecule has 0 aromatic rings. The van der Waals surface area contributed by atoms with Gasteiger partial charge in [-0.05, 0) is 105 Å². The van der Waals surface area contributed by atoms with Crippen LogP contribution in [-0.2, 0) is 9.59 Å². The molecule has 4 saturated carbocycles. The minimum atomic E-state index is -0.170. The fraction of sp³-hybridized carbons (Fsp3) is 0.862. The number of carbonyl (C=O) groups is 2. The third-order valence-electron chi connectivity index (χ3n) is 11.5. The van der Waals surface area contributed by atoms with Gasteiger partial charge in [-0.2, -0.15) is 0 Å². The molecule has 31 heavy (non-hydrogen) atoms. The highest BCUT2D eigenvalue weighted by Gasteiger charge is 2.65. The standard InChI is InChI=1S/C29H46O2/c1-8-20(18(2)3)26-19(17-30)9-11-22-21(26)10-12-24-28(22,6)15-13-23-27(4,5)25(31)14-16-29(23,24)7/h17,19-24,26H,2,8-16H2,1,3-7H3. The first-order valence-corrected chi connectivity index (χ1v) is 13.2. The van der Waals surface area contributed by atoms with Crippen molar-refractivity contribution in [2.45, 2.75) is 99.3 Å². The highest BCUT2D eigenvalue weighted by atomic mass is 16.1. The van der Waals surface area contributed by atoms with Crippen molar-refractivity contribution < 1.29 is 9.59 Å². The first kappa shape index (κ1) is 23.2. The van der Waals surface area contributed by atoms with E-state index in [0.29, 0.717) is 40.8 Å². The molecule has 0 spiro atoms. The summed E-state index contributed by atoms with van der Waals surface area (Å²) in [6.07, 6.45) is 11.5. The molecule has 0 N–H and O–H groups in total. The summed E-state index contributed by atoms with van der Waals surface area (Å²) in [5.74, 6) is 4.27. The zero-order valence-electron chi connectivity index (χ0n) is 21.0.